The van der Waals surface area contributed by atoms with Crippen molar-refractivity contribution in [3.8, 4) is 0 Å². The number of hydrogen-bond donors (Lipinski definition) is 3. The molecule has 444 valence electrons. The number of pyridine rings is 3. The summed E-state index contributed by atoms with van der Waals surface area (Å²) in [6.45, 7) is 12.5. The summed E-state index contributed by atoms with van der Waals surface area (Å²) in [4.78, 5) is 95.6. The molecule has 0 aromatic carbocycles. The Balaban J connectivity index is 0.000000118. The van der Waals surface area contributed by atoms with Gasteiger partial charge in [-0.1, -0.05) is 0 Å². The van der Waals surface area contributed by atoms with E-state index in [1.54, 1.807) is 37.2 Å². The maximum absolute atomic E-state index is 12.9. The Morgan fingerprint density at radius 3 is 0.964 bits per heavy atom. The van der Waals surface area contributed by atoms with Crippen LogP contribution in [0.15, 0.2) is 55.4 Å². The third-order valence-electron chi connectivity index (χ3n) is 18.4. The monoisotopic (exact) mass is 1140 g/mol. The average molecular weight is 1140 g/mol. The van der Waals surface area contributed by atoms with Crippen LogP contribution in [0.3, 0.4) is 0 Å². The summed E-state index contributed by atoms with van der Waals surface area (Å²) in [5, 5.41) is 10.6. The number of carbonyl (C=O) groups is 3. The highest BCUT2D eigenvalue weighted by Gasteiger charge is 2.36. The summed E-state index contributed by atoms with van der Waals surface area (Å²) in [5.74, 6) is 6.86. The third-order valence-corrected chi connectivity index (χ3v) is 18.4. The van der Waals surface area contributed by atoms with Crippen LogP contribution in [0.2, 0.25) is 0 Å². The van der Waals surface area contributed by atoms with Gasteiger partial charge in [-0.15, -0.1) is 0 Å². The van der Waals surface area contributed by atoms with Gasteiger partial charge in [0, 0.05) is 146 Å². The molecule has 22 nitrogen and oxygen atoms in total. The minimum atomic E-state index is 0.129. The molecule has 6 aromatic heterocycles. The average Bonchev–Trinajstić information content (AvgIpc) is 4.03. The van der Waals surface area contributed by atoms with E-state index in [4.69, 9.17) is 29.9 Å². The topological polar surface area (TPSA) is 226 Å². The number of nitrogens with one attached hydrogen (secondary N) is 3. The highest BCUT2D eigenvalue weighted by atomic mass is 16.2. The van der Waals surface area contributed by atoms with Crippen LogP contribution in [0.4, 0.5) is 34.9 Å². The molecule has 0 atom stereocenters. The Morgan fingerprint density at radius 1 is 0.357 bits per heavy atom. The molecular formula is C62H83N19O3. The second-order valence-electron chi connectivity index (χ2n) is 24.9. The Kier molecular flexibility index (Phi) is 16.9. The number of likely N-dealkylation sites (tertiary alicyclic amines) is 2. The number of likely N-dealkylation sites (N-methyl/N-ethyl adjacent to an activating group) is 1. The van der Waals surface area contributed by atoms with Gasteiger partial charge in [-0.25, -0.2) is 29.9 Å². The second-order valence-corrected chi connectivity index (χ2v) is 24.9. The van der Waals surface area contributed by atoms with Crippen molar-refractivity contribution in [3.63, 3.8) is 0 Å². The van der Waals surface area contributed by atoms with Crippen LogP contribution in [0.5, 0.6) is 0 Å². The van der Waals surface area contributed by atoms with Gasteiger partial charge in [0.15, 0.2) is 34.9 Å². The fourth-order valence-corrected chi connectivity index (χ4v) is 12.8. The zero-order valence-electron chi connectivity index (χ0n) is 49.0. The van der Waals surface area contributed by atoms with Crippen LogP contribution in [0, 0.1) is 17.8 Å². The summed E-state index contributed by atoms with van der Waals surface area (Å²) < 4.78 is 0. The first-order valence-corrected chi connectivity index (χ1v) is 31.7. The van der Waals surface area contributed by atoms with Crippen molar-refractivity contribution >= 4 is 85.7 Å². The lowest BCUT2D eigenvalue weighted by Gasteiger charge is -2.38. The number of rotatable bonds is 12. The third kappa shape index (κ3) is 13.4. The molecule has 22 heteroatoms. The van der Waals surface area contributed by atoms with Crippen LogP contribution in [-0.4, -0.2) is 199 Å². The quantitative estimate of drug-likeness (QED) is 0.114. The minimum Gasteiger partial charge on any atom is -0.364 e. The summed E-state index contributed by atoms with van der Waals surface area (Å²) in [6, 6.07) is 7.28. The molecule has 12 heterocycles. The number of piperidine rings is 4. The number of amides is 3. The van der Waals surface area contributed by atoms with Gasteiger partial charge in [0.1, 0.15) is 16.6 Å². The van der Waals surface area contributed by atoms with E-state index >= 15 is 0 Å². The second kappa shape index (κ2) is 25.5. The molecule has 9 aliphatic rings. The molecule has 6 aliphatic heterocycles. The van der Waals surface area contributed by atoms with Crippen LogP contribution < -0.4 is 30.7 Å². The van der Waals surface area contributed by atoms with Gasteiger partial charge in [-0.05, 0) is 134 Å². The SMILES string of the molecule is CN1CCN(C(=O)C2CCN(c3nc4cnccc4nc3NC3CC3)CC2)CC1.O=C(C1CCN(c2nc3cnccc3nc2NC2CC2)CC1)N1CCCC1.O=C(C1CCN(c2nc3cnccc3nc2NC2CC2)CC1)N1CCCCC1. The first-order valence-electron chi connectivity index (χ1n) is 31.7. The van der Waals surface area contributed by atoms with Crippen molar-refractivity contribution < 1.29 is 14.4 Å². The molecule has 3 N–H and O–H groups in total. The van der Waals surface area contributed by atoms with Crippen molar-refractivity contribution in [3.05, 3.63) is 55.4 Å². The van der Waals surface area contributed by atoms with Crippen molar-refractivity contribution in [1.29, 1.82) is 0 Å². The predicted molar refractivity (Wildman–Crippen MR) is 327 cm³/mol. The zero-order chi connectivity index (χ0) is 56.9. The van der Waals surface area contributed by atoms with E-state index in [1.165, 1.54) is 44.9 Å². The fourth-order valence-electron chi connectivity index (χ4n) is 12.8. The first-order chi connectivity index (χ1) is 41.2. The van der Waals surface area contributed by atoms with Gasteiger partial charge in [0.2, 0.25) is 17.7 Å². The van der Waals surface area contributed by atoms with Crippen LogP contribution in [-0.2, 0) is 14.4 Å². The van der Waals surface area contributed by atoms with E-state index in [2.05, 4.69) is 72.2 Å². The van der Waals surface area contributed by atoms with Gasteiger partial charge >= 0.3 is 0 Å². The van der Waals surface area contributed by atoms with E-state index < -0.39 is 0 Å². The largest absolute Gasteiger partial charge is 0.364 e. The number of aromatic nitrogens is 9. The molecule has 3 aliphatic carbocycles. The molecule has 6 aromatic rings. The molecule has 6 saturated heterocycles. The Labute approximate surface area is 492 Å². The fraction of sp³-hybridized carbons (Fsp3) is 0.613. The summed E-state index contributed by atoms with van der Waals surface area (Å²) in [7, 11) is 2.12. The Bertz CT molecular complexity index is 3260. The Hall–Kier alpha value is -7.36. The van der Waals surface area contributed by atoms with E-state index in [-0.39, 0.29) is 17.8 Å². The highest BCUT2D eigenvalue weighted by Crippen LogP contribution is 2.37. The van der Waals surface area contributed by atoms with Gasteiger partial charge < -0.3 is 50.2 Å². The lowest BCUT2D eigenvalue weighted by atomic mass is 9.94. The van der Waals surface area contributed by atoms with Crippen molar-refractivity contribution in [2.75, 3.05) is 129 Å². The van der Waals surface area contributed by atoms with Gasteiger partial charge in [-0.3, -0.25) is 29.3 Å². The van der Waals surface area contributed by atoms with Crippen LogP contribution in [0.25, 0.3) is 33.1 Å². The van der Waals surface area contributed by atoms with Gasteiger partial charge in [-0.2, -0.15) is 0 Å². The van der Waals surface area contributed by atoms with Crippen molar-refractivity contribution in [2.24, 2.45) is 17.8 Å². The molecule has 3 amide bonds. The highest BCUT2D eigenvalue weighted by molar-refractivity contribution is 5.84. The smallest absolute Gasteiger partial charge is 0.225 e. The summed E-state index contributed by atoms with van der Waals surface area (Å²) >= 11 is 0. The Morgan fingerprint density at radius 2 is 0.655 bits per heavy atom. The number of hydrogen-bond acceptors (Lipinski definition) is 19. The molecule has 0 radical (unpaired) electrons. The lowest BCUT2D eigenvalue weighted by Crippen LogP contribution is -2.50. The minimum absolute atomic E-state index is 0.129. The van der Waals surface area contributed by atoms with Gasteiger partial charge in [0.05, 0.1) is 35.1 Å². The number of anilines is 6. The lowest BCUT2D eigenvalue weighted by molar-refractivity contribution is -0.138. The van der Waals surface area contributed by atoms with E-state index in [1.807, 2.05) is 18.2 Å². The molecule has 3 saturated carbocycles. The zero-order valence-corrected chi connectivity index (χ0v) is 49.0. The molecule has 15 rings (SSSR count). The molecule has 0 spiro atoms. The normalized spacial score (nSPS) is 21.2. The van der Waals surface area contributed by atoms with E-state index in [0.29, 0.717) is 35.8 Å². The first kappa shape index (κ1) is 55.8. The molecule has 9 fully saturated rings. The molecule has 0 bridgehead atoms. The van der Waals surface area contributed by atoms with E-state index in [9.17, 15) is 14.4 Å². The summed E-state index contributed by atoms with van der Waals surface area (Å²) in [6.07, 6.45) is 29.0. The van der Waals surface area contributed by atoms with Crippen molar-refractivity contribution in [1.82, 2.24) is 64.5 Å². The number of piperazine rings is 1. The standard InChI is InChI=1S/C21H29N7O.C21H28N6O.C20H26N6O/c1-26-10-12-28(13-11-26)21(29)15-5-8-27(9-6-15)20-19(23-16-2-3-16)24-17-4-7-22-14-18(17)25-20;28-21(27-10-2-1-3-11-27)15-7-12-26(13-8-15)20-19(23-16-4-5-16)24-17-6-9-22-14-18(17)25-20;27-20(26-9-1-2-10-26)14-6-11-25(12-7-14)19-18(22-15-3-4-15)23-16-5-8-21-13-17(16)24-19/h4,7,14-16H,2-3,5-6,8-13H2,1H3,(H,23,24);6,9,14-16H,1-5,7-8,10-13H2,(H,23,24);5,8,13-15H,1-4,6-7,9-12H2,(H,22,23). The molecule has 0 unspecified atom stereocenters. The predicted octanol–water partition coefficient (Wildman–Crippen LogP) is 6.86. The maximum atomic E-state index is 12.9. The van der Waals surface area contributed by atoms with E-state index in [0.717, 1.165) is 224 Å². The number of fused-ring (bicyclic) bond motifs is 3. The number of carbonyl (C=O) groups excluding carboxylic acids is 3. The number of nitrogens with zero attached hydrogens (tertiary/aromatic N) is 16. The molecule has 84 heavy (non-hydrogen) atoms. The van der Waals surface area contributed by atoms with Gasteiger partial charge in [0.25, 0.3) is 0 Å². The van der Waals surface area contributed by atoms with Crippen molar-refractivity contribution in [2.45, 2.75) is 127 Å². The molecular weight excluding hydrogens is 1060 g/mol. The van der Waals surface area contributed by atoms with Crippen LogP contribution in [0.1, 0.15) is 109 Å². The summed E-state index contributed by atoms with van der Waals surface area (Å²) in [5.41, 5.74) is 5.08. The van der Waals surface area contributed by atoms with Crippen LogP contribution >= 0.6 is 0 Å². The maximum Gasteiger partial charge on any atom is 0.225 e.